The van der Waals surface area contributed by atoms with Gasteiger partial charge >= 0.3 is 0 Å². The SMILES string of the molecule is C1=CC2=CCC=CN2C(N2CCN(c3ncc4ccn(CCN5CCCC5)c4n3)CC2)=C1. The molecule has 4 aliphatic rings. The smallest absolute Gasteiger partial charge is 0.227 e. The largest absolute Gasteiger partial charge is 0.354 e. The normalized spacial score (nSPS) is 21.3. The fraction of sp³-hybridized carbons (Fsp3) is 0.440. The van der Waals surface area contributed by atoms with E-state index in [0.29, 0.717) is 0 Å². The van der Waals surface area contributed by atoms with Gasteiger partial charge in [-0.15, -0.1) is 0 Å². The van der Waals surface area contributed by atoms with Crippen LogP contribution in [0.1, 0.15) is 19.3 Å². The van der Waals surface area contributed by atoms with Crippen LogP contribution in [-0.2, 0) is 6.54 Å². The van der Waals surface area contributed by atoms with E-state index in [1.165, 1.54) is 37.4 Å². The standard InChI is InChI=1S/C25H31N7/c1-2-12-32-22(6-1)7-5-8-23(32)29-16-18-31(19-17-29)25-26-20-21-9-13-30(24(21)27-25)15-14-28-10-3-4-11-28/h2,5-9,12-13,20H,1,3-4,10-11,14-19H2. The third kappa shape index (κ3) is 3.71. The van der Waals surface area contributed by atoms with Crippen molar-refractivity contribution in [3.8, 4) is 0 Å². The zero-order valence-corrected chi connectivity index (χ0v) is 18.6. The van der Waals surface area contributed by atoms with Gasteiger partial charge in [-0.2, -0.15) is 4.98 Å². The number of hydrogen-bond acceptors (Lipinski definition) is 6. The number of fused-ring (bicyclic) bond motifs is 2. The molecule has 0 N–H and O–H groups in total. The molecule has 2 aromatic rings. The van der Waals surface area contributed by atoms with Gasteiger partial charge in [-0.05, 0) is 50.6 Å². The first-order chi connectivity index (χ1) is 15.8. The summed E-state index contributed by atoms with van der Waals surface area (Å²) in [6.07, 6.45) is 21.1. The van der Waals surface area contributed by atoms with Crippen LogP contribution >= 0.6 is 0 Å². The van der Waals surface area contributed by atoms with Crippen LogP contribution in [0.3, 0.4) is 0 Å². The third-order valence-electron chi connectivity index (χ3n) is 6.99. The van der Waals surface area contributed by atoms with Crippen LogP contribution < -0.4 is 4.90 Å². The molecule has 0 aliphatic carbocycles. The van der Waals surface area contributed by atoms with Gasteiger partial charge in [-0.1, -0.05) is 18.2 Å². The van der Waals surface area contributed by atoms with Crippen molar-refractivity contribution in [1.82, 2.24) is 29.2 Å². The molecular weight excluding hydrogens is 398 g/mol. The van der Waals surface area contributed by atoms with Crippen LogP contribution in [0.4, 0.5) is 5.95 Å². The van der Waals surface area contributed by atoms with Gasteiger partial charge in [0.2, 0.25) is 5.95 Å². The van der Waals surface area contributed by atoms with Gasteiger partial charge in [0.05, 0.1) is 0 Å². The summed E-state index contributed by atoms with van der Waals surface area (Å²) in [6.45, 7) is 8.36. The maximum atomic E-state index is 4.99. The molecule has 2 aromatic heterocycles. The molecule has 0 aromatic carbocycles. The van der Waals surface area contributed by atoms with Gasteiger partial charge in [0, 0.05) is 68.9 Å². The predicted octanol–water partition coefficient (Wildman–Crippen LogP) is 3.16. The van der Waals surface area contributed by atoms with Gasteiger partial charge in [-0.25, -0.2) is 4.98 Å². The van der Waals surface area contributed by atoms with Gasteiger partial charge in [-0.3, -0.25) is 0 Å². The van der Waals surface area contributed by atoms with E-state index in [2.05, 4.69) is 73.0 Å². The molecule has 166 valence electrons. The molecule has 32 heavy (non-hydrogen) atoms. The predicted molar refractivity (Wildman–Crippen MR) is 128 cm³/mol. The van der Waals surface area contributed by atoms with Crippen molar-refractivity contribution in [2.24, 2.45) is 0 Å². The first kappa shape index (κ1) is 19.6. The fourth-order valence-corrected chi connectivity index (χ4v) is 5.15. The highest BCUT2D eigenvalue weighted by Gasteiger charge is 2.25. The van der Waals surface area contributed by atoms with Crippen LogP contribution in [0.25, 0.3) is 11.0 Å². The number of piperazine rings is 1. The zero-order chi connectivity index (χ0) is 21.3. The number of nitrogens with zero attached hydrogens (tertiary/aromatic N) is 7. The second kappa shape index (κ2) is 8.47. The van der Waals surface area contributed by atoms with E-state index in [-0.39, 0.29) is 0 Å². The Balaban J connectivity index is 1.14. The lowest BCUT2D eigenvalue weighted by Crippen LogP contribution is -2.48. The summed E-state index contributed by atoms with van der Waals surface area (Å²) in [7, 11) is 0. The van der Waals surface area contributed by atoms with Crippen molar-refractivity contribution in [2.45, 2.75) is 25.8 Å². The summed E-state index contributed by atoms with van der Waals surface area (Å²) in [6, 6.07) is 2.14. The first-order valence-corrected chi connectivity index (χ1v) is 11.9. The van der Waals surface area contributed by atoms with Crippen molar-refractivity contribution in [3.63, 3.8) is 0 Å². The monoisotopic (exact) mass is 429 g/mol. The molecule has 0 radical (unpaired) electrons. The summed E-state index contributed by atoms with van der Waals surface area (Å²) in [5.41, 5.74) is 2.33. The number of allylic oxidation sites excluding steroid dienone is 5. The first-order valence-electron chi connectivity index (χ1n) is 11.9. The Bertz CT molecular complexity index is 1090. The van der Waals surface area contributed by atoms with Gasteiger partial charge < -0.3 is 24.2 Å². The highest BCUT2D eigenvalue weighted by molar-refractivity contribution is 5.76. The van der Waals surface area contributed by atoms with E-state index in [0.717, 1.165) is 62.7 Å². The summed E-state index contributed by atoms with van der Waals surface area (Å²) < 4.78 is 2.30. The van der Waals surface area contributed by atoms with Crippen molar-refractivity contribution in [3.05, 3.63) is 66.6 Å². The molecule has 4 aliphatic heterocycles. The van der Waals surface area contributed by atoms with Gasteiger partial charge in [0.15, 0.2) is 0 Å². The highest BCUT2D eigenvalue weighted by Crippen LogP contribution is 2.27. The van der Waals surface area contributed by atoms with E-state index in [9.17, 15) is 0 Å². The van der Waals surface area contributed by atoms with E-state index < -0.39 is 0 Å². The molecule has 2 saturated heterocycles. The van der Waals surface area contributed by atoms with Crippen molar-refractivity contribution in [2.75, 3.05) is 50.7 Å². The molecule has 0 atom stereocenters. The van der Waals surface area contributed by atoms with Gasteiger partial charge in [0.25, 0.3) is 0 Å². The highest BCUT2D eigenvalue weighted by atomic mass is 15.4. The van der Waals surface area contributed by atoms with Crippen LogP contribution in [0, 0.1) is 0 Å². The molecule has 0 unspecified atom stereocenters. The van der Waals surface area contributed by atoms with E-state index >= 15 is 0 Å². The maximum Gasteiger partial charge on any atom is 0.227 e. The second-order valence-electron chi connectivity index (χ2n) is 8.98. The molecule has 0 spiro atoms. The fourth-order valence-electron chi connectivity index (χ4n) is 5.15. The molecule has 0 amide bonds. The summed E-state index contributed by atoms with van der Waals surface area (Å²) in [5, 5.41) is 1.13. The topological polar surface area (TPSA) is 43.7 Å². The third-order valence-corrected chi connectivity index (χ3v) is 6.99. The average molecular weight is 430 g/mol. The number of rotatable bonds is 5. The van der Waals surface area contributed by atoms with E-state index in [1.54, 1.807) is 0 Å². The maximum absolute atomic E-state index is 4.99. The molecule has 2 fully saturated rings. The van der Waals surface area contributed by atoms with Crippen LogP contribution in [0.5, 0.6) is 0 Å². The Morgan fingerprint density at radius 2 is 1.78 bits per heavy atom. The Morgan fingerprint density at radius 1 is 0.938 bits per heavy atom. The number of hydrogen-bond donors (Lipinski definition) is 0. The minimum Gasteiger partial charge on any atom is -0.354 e. The zero-order valence-electron chi connectivity index (χ0n) is 18.6. The average Bonchev–Trinajstić information content (AvgIpc) is 3.52. The number of aromatic nitrogens is 3. The van der Waals surface area contributed by atoms with Gasteiger partial charge in [0.1, 0.15) is 11.5 Å². The molecule has 6 heterocycles. The Labute approximate surface area is 189 Å². The minimum atomic E-state index is 0.856. The van der Waals surface area contributed by atoms with Crippen molar-refractivity contribution >= 4 is 17.0 Å². The summed E-state index contributed by atoms with van der Waals surface area (Å²) in [5.74, 6) is 2.12. The molecule has 6 rings (SSSR count). The van der Waals surface area contributed by atoms with Crippen LogP contribution in [0.2, 0.25) is 0 Å². The molecule has 0 saturated carbocycles. The number of likely N-dealkylation sites (tertiary alicyclic amines) is 1. The van der Waals surface area contributed by atoms with E-state index in [1.807, 2.05) is 6.20 Å². The molecule has 7 nitrogen and oxygen atoms in total. The quantitative estimate of drug-likeness (QED) is 0.728. The Hall–Kier alpha value is -3.06. The lowest BCUT2D eigenvalue weighted by molar-refractivity contribution is 0.258. The summed E-state index contributed by atoms with van der Waals surface area (Å²) in [4.78, 5) is 19.4. The van der Waals surface area contributed by atoms with Crippen molar-refractivity contribution in [1.29, 1.82) is 0 Å². The Kier molecular flexibility index (Phi) is 5.19. The summed E-state index contributed by atoms with van der Waals surface area (Å²) >= 11 is 0. The van der Waals surface area contributed by atoms with Crippen molar-refractivity contribution < 1.29 is 0 Å². The lowest BCUT2D eigenvalue weighted by Gasteiger charge is -2.41. The molecule has 0 bridgehead atoms. The molecular formula is C25H31N7. The van der Waals surface area contributed by atoms with E-state index in [4.69, 9.17) is 9.97 Å². The molecule has 7 heteroatoms. The van der Waals surface area contributed by atoms with Crippen LogP contribution in [-0.4, -0.2) is 75.0 Å². The van der Waals surface area contributed by atoms with Crippen LogP contribution in [0.15, 0.2) is 66.6 Å². The lowest BCUT2D eigenvalue weighted by atomic mass is 10.1. The Morgan fingerprint density at radius 3 is 2.66 bits per heavy atom. The number of anilines is 1. The second-order valence-corrected chi connectivity index (χ2v) is 8.98. The minimum absolute atomic E-state index is 0.856.